The highest BCUT2D eigenvalue weighted by atomic mass is 32.1. The van der Waals surface area contributed by atoms with Gasteiger partial charge in [-0.15, -0.1) is 11.3 Å². The van der Waals surface area contributed by atoms with Crippen LogP contribution in [0.15, 0.2) is 30.5 Å². The molecule has 1 amide bonds. The molecule has 1 aromatic heterocycles. The predicted octanol–water partition coefficient (Wildman–Crippen LogP) is 2.66. The Morgan fingerprint density at radius 3 is 2.87 bits per heavy atom. The number of rotatable bonds is 7. The van der Waals surface area contributed by atoms with E-state index in [-0.39, 0.29) is 16.8 Å². The molecule has 6 nitrogen and oxygen atoms in total. The van der Waals surface area contributed by atoms with Gasteiger partial charge in [0, 0.05) is 6.42 Å². The average Bonchev–Trinajstić information content (AvgIpc) is 3.03. The molecular weight excluding hydrogens is 316 g/mol. The van der Waals surface area contributed by atoms with Gasteiger partial charge in [0.15, 0.2) is 0 Å². The fraction of sp³-hybridized carbons (Fsp3) is 0.312. The number of methoxy groups -OCH3 is 1. The number of nitrogens with one attached hydrogen (secondary N) is 1. The van der Waals surface area contributed by atoms with Crippen molar-refractivity contribution in [3.05, 3.63) is 45.9 Å². The number of aromatic nitrogens is 1. The fourth-order valence-electron chi connectivity index (χ4n) is 2.05. The molecular formula is C16H18N2O4S. The zero-order valence-corrected chi connectivity index (χ0v) is 13.7. The number of amides is 1. The number of carboxylic acids is 1. The second kappa shape index (κ2) is 7.73. The molecule has 1 atom stereocenters. The van der Waals surface area contributed by atoms with Crippen molar-refractivity contribution in [3.63, 3.8) is 0 Å². The third-order valence-electron chi connectivity index (χ3n) is 3.26. The minimum Gasteiger partial charge on any atom is -0.497 e. The minimum absolute atomic E-state index is 0.104. The molecule has 0 radical (unpaired) electrons. The summed E-state index contributed by atoms with van der Waals surface area (Å²) in [4.78, 5) is 27.1. The van der Waals surface area contributed by atoms with Gasteiger partial charge < -0.3 is 15.2 Å². The summed E-state index contributed by atoms with van der Waals surface area (Å²) in [5, 5.41) is 12.3. The first-order chi connectivity index (χ1) is 11.0. The van der Waals surface area contributed by atoms with Crippen molar-refractivity contribution < 1.29 is 19.4 Å². The van der Waals surface area contributed by atoms with Crippen LogP contribution in [0, 0.1) is 0 Å². The maximum absolute atomic E-state index is 12.0. The summed E-state index contributed by atoms with van der Waals surface area (Å²) in [6.45, 7) is 1.79. The molecule has 0 bridgehead atoms. The summed E-state index contributed by atoms with van der Waals surface area (Å²) >= 11 is 1.07. The highest BCUT2D eigenvalue weighted by Gasteiger charge is 2.15. The van der Waals surface area contributed by atoms with Crippen LogP contribution in [0.1, 0.15) is 39.6 Å². The Bertz CT molecular complexity index is 699. The number of hydrogen-bond donors (Lipinski definition) is 2. The number of nitrogens with zero attached hydrogens (tertiary/aromatic N) is 1. The van der Waals surface area contributed by atoms with Gasteiger partial charge in [-0.05, 0) is 31.0 Å². The smallest absolute Gasteiger partial charge is 0.347 e. The molecule has 0 unspecified atom stereocenters. The van der Waals surface area contributed by atoms with Crippen molar-refractivity contribution in [2.24, 2.45) is 0 Å². The van der Waals surface area contributed by atoms with Gasteiger partial charge in [0.05, 0.1) is 19.3 Å². The molecule has 0 aliphatic heterocycles. The Hall–Kier alpha value is -2.41. The molecule has 0 fully saturated rings. The van der Waals surface area contributed by atoms with Crippen molar-refractivity contribution in [3.8, 4) is 5.75 Å². The average molecular weight is 334 g/mol. The van der Waals surface area contributed by atoms with E-state index in [9.17, 15) is 9.59 Å². The molecule has 0 spiro atoms. The Labute approximate surface area is 138 Å². The zero-order valence-electron chi connectivity index (χ0n) is 12.9. The minimum atomic E-state index is -1.01. The Morgan fingerprint density at radius 2 is 2.22 bits per heavy atom. The van der Waals surface area contributed by atoms with E-state index < -0.39 is 5.97 Å². The summed E-state index contributed by atoms with van der Waals surface area (Å²) in [5.74, 6) is -0.349. The van der Waals surface area contributed by atoms with Crippen molar-refractivity contribution in [1.82, 2.24) is 10.3 Å². The Morgan fingerprint density at radius 1 is 1.43 bits per heavy atom. The molecule has 1 heterocycles. The molecule has 2 N–H and O–H groups in total. The molecule has 23 heavy (non-hydrogen) atoms. The van der Waals surface area contributed by atoms with Crippen LogP contribution in [0.3, 0.4) is 0 Å². The van der Waals surface area contributed by atoms with Gasteiger partial charge in [-0.3, -0.25) is 4.79 Å². The van der Waals surface area contributed by atoms with Gasteiger partial charge in [0.1, 0.15) is 15.6 Å². The van der Waals surface area contributed by atoms with Gasteiger partial charge >= 0.3 is 5.97 Å². The highest BCUT2D eigenvalue weighted by molar-refractivity contribution is 7.13. The Kier molecular flexibility index (Phi) is 5.70. The molecule has 0 saturated heterocycles. The second-order valence-electron chi connectivity index (χ2n) is 5.01. The van der Waals surface area contributed by atoms with Crippen LogP contribution in [0.2, 0.25) is 0 Å². The van der Waals surface area contributed by atoms with E-state index in [1.807, 2.05) is 24.3 Å². The van der Waals surface area contributed by atoms with Crippen molar-refractivity contribution >= 4 is 23.2 Å². The lowest BCUT2D eigenvalue weighted by atomic mass is 10.1. The van der Waals surface area contributed by atoms with E-state index >= 15 is 0 Å². The lowest BCUT2D eigenvalue weighted by molar-refractivity contribution is -0.121. The van der Waals surface area contributed by atoms with E-state index in [2.05, 4.69) is 10.3 Å². The van der Waals surface area contributed by atoms with Crippen LogP contribution in [-0.2, 0) is 11.2 Å². The summed E-state index contributed by atoms with van der Waals surface area (Å²) in [7, 11) is 1.60. The Balaban J connectivity index is 1.87. The van der Waals surface area contributed by atoms with Crippen LogP contribution in [0.4, 0.5) is 0 Å². The van der Waals surface area contributed by atoms with Crippen molar-refractivity contribution in [2.45, 2.75) is 25.8 Å². The van der Waals surface area contributed by atoms with E-state index in [1.54, 1.807) is 14.0 Å². The maximum Gasteiger partial charge on any atom is 0.347 e. The van der Waals surface area contributed by atoms with Crippen LogP contribution in [-0.4, -0.2) is 29.1 Å². The summed E-state index contributed by atoms with van der Waals surface area (Å²) < 4.78 is 5.15. The molecule has 1 aromatic carbocycles. The van der Waals surface area contributed by atoms with Crippen molar-refractivity contribution in [1.29, 1.82) is 0 Å². The van der Waals surface area contributed by atoms with E-state index in [0.29, 0.717) is 17.8 Å². The molecule has 7 heteroatoms. The van der Waals surface area contributed by atoms with Crippen molar-refractivity contribution in [2.75, 3.05) is 7.11 Å². The fourth-order valence-corrected chi connectivity index (χ4v) is 2.81. The van der Waals surface area contributed by atoms with Gasteiger partial charge in [-0.2, -0.15) is 0 Å². The predicted molar refractivity (Wildman–Crippen MR) is 86.9 cm³/mol. The normalized spacial score (nSPS) is 11.7. The number of thiazole rings is 1. The number of aryl methyl sites for hydroxylation is 1. The zero-order chi connectivity index (χ0) is 16.8. The second-order valence-corrected chi connectivity index (χ2v) is 6.07. The topological polar surface area (TPSA) is 88.5 Å². The van der Waals surface area contributed by atoms with Crippen LogP contribution >= 0.6 is 11.3 Å². The number of carboxylic acid groups (broad SMARTS) is 1. The third-order valence-corrected chi connectivity index (χ3v) is 4.43. The summed E-state index contributed by atoms with van der Waals surface area (Å²) in [6, 6.07) is 7.27. The molecule has 0 aliphatic rings. The lowest BCUT2D eigenvalue weighted by Crippen LogP contribution is -2.26. The molecule has 0 aliphatic carbocycles. The van der Waals surface area contributed by atoms with E-state index in [1.165, 1.54) is 6.20 Å². The number of hydrogen-bond acceptors (Lipinski definition) is 5. The quantitative estimate of drug-likeness (QED) is 0.812. The number of ether oxygens (including phenoxy) is 1. The van der Waals surface area contributed by atoms with E-state index in [0.717, 1.165) is 22.6 Å². The first kappa shape index (κ1) is 17.0. The summed E-state index contributed by atoms with van der Waals surface area (Å²) in [6.07, 6.45) is 2.25. The first-order valence-electron chi connectivity index (χ1n) is 7.11. The highest BCUT2D eigenvalue weighted by Crippen LogP contribution is 2.20. The number of carbonyl (C=O) groups is 2. The largest absolute Gasteiger partial charge is 0.497 e. The van der Waals surface area contributed by atoms with Crippen LogP contribution < -0.4 is 10.1 Å². The van der Waals surface area contributed by atoms with Gasteiger partial charge in [0.25, 0.3) is 0 Å². The van der Waals surface area contributed by atoms with Crippen LogP contribution in [0.5, 0.6) is 5.75 Å². The number of benzene rings is 1. The number of carbonyl (C=O) groups excluding carboxylic acids is 1. The summed E-state index contributed by atoms with van der Waals surface area (Å²) in [5.41, 5.74) is 1.02. The molecule has 2 aromatic rings. The third kappa shape index (κ3) is 4.79. The number of aromatic carboxylic acids is 1. The molecule has 122 valence electrons. The van der Waals surface area contributed by atoms with Gasteiger partial charge in [-0.25, -0.2) is 9.78 Å². The van der Waals surface area contributed by atoms with E-state index in [4.69, 9.17) is 9.84 Å². The van der Waals surface area contributed by atoms with Gasteiger partial charge in [-0.1, -0.05) is 12.1 Å². The monoisotopic (exact) mass is 334 g/mol. The standard InChI is InChI=1S/C16H18N2O4S/c1-10(15-17-9-13(23-15)16(20)21)18-14(19)7-6-11-4-3-5-12(8-11)22-2/h3-5,8-10H,6-7H2,1-2H3,(H,18,19)(H,20,21)/t10-/m0/s1. The van der Waals surface area contributed by atoms with Gasteiger partial charge in [0.2, 0.25) is 5.91 Å². The molecule has 0 saturated carbocycles. The van der Waals surface area contributed by atoms with Crippen LogP contribution in [0.25, 0.3) is 0 Å². The SMILES string of the molecule is COc1cccc(CCC(=O)N[C@@H](C)c2ncc(C(=O)O)s2)c1. The first-order valence-corrected chi connectivity index (χ1v) is 7.92. The lowest BCUT2D eigenvalue weighted by Gasteiger charge is -2.11. The maximum atomic E-state index is 12.0. The molecule has 2 rings (SSSR count).